The first-order valence-electron chi connectivity index (χ1n) is 7.04. The van der Waals surface area contributed by atoms with E-state index in [1.165, 1.54) is 18.6 Å². The number of hydrogen-bond acceptors (Lipinski definition) is 2. The Bertz CT molecular complexity index is 550. The van der Waals surface area contributed by atoms with E-state index in [9.17, 15) is 9.59 Å². The van der Waals surface area contributed by atoms with Crippen molar-refractivity contribution >= 4 is 29.3 Å². The highest BCUT2D eigenvalue weighted by Crippen LogP contribution is 2.43. The monoisotopic (exact) mass is 310 g/mol. The number of urea groups is 1. The van der Waals surface area contributed by atoms with Gasteiger partial charge in [0.25, 0.3) is 0 Å². The number of carbonyl (C=O) groups is 2. The molecule has 114 valence electrons. The van der Waals surface area contributed by atoms with Crippen LogP contribution in [0.25, 0.3) is 0 Å². The van der Waals surface area contributed by atoms with Gasteiger partial charge in [-0.15, -0.1) is 0 Å². The van der Waals surface area contributed by atoms with Gasteiger partial charge in [0.2, 0.25) is 0 Å². The summed E-state index contributed by atoms with van der Waals surface area (Å²) in [5, 5.41) is 14.6. The minimum atomic E-state index is -1.17. The van der Waals surface area contributed by atoms with Gasteiger partial charge in [0, 0.05) is 6.54 Å². The second-order valence-electron chi connectivity index (χ2n) is 5.48. The lowest BCUT2D eigenvalue weighted by atomic mass is 9.67. The maximum atomic E-state index is 11.9. The number of halogens is 1. The molecule has 1 aliphatic rings. The highest BCUT2D eigenvalue weighted by Gasteiger charge is 2.35. The summed E-state index contributed by atoms with van der Waals surface area (Å²) in [7, 11) is 0. The van der Waals surface area contributed by atoms with Crippen molar-refractivity contribution in [3.05, 3.63) is 28.8 Å². The first-order valence-corrected chi connectivity index (χ1v) is 7.42. The molecule has 1 fully saturated rings. The number of carboxylic acids is 1. The molecule has 0 spiro atoms. The van der Waals surface area contributed by atoms with Crippen molar-refractivity contribution in [3.63, 3.8) is 0 Å². The molecule has 1 saturated carbocycles. The third kappa shape index (κ3) is 3.47. The minimum Gasteiger partial charge on any atom is -0.478 e. The number of nitrogens with one attached hydrogen (secondary N) is 2. The second kappa shape index (κ2) is 6.35. The largest absolute Gasteiger partial charge is 0.478 e. The zero-order chi connectivity index (χ0) is 15.5. The Morgan fingerprint density at radius 3 is 2.62 bits per heavy atom. The zero-order valence-corrected chi connectivity index (χ0v) is 12.7. The van der Waals surface area contributed by atoms with Gasteiger partial charge in [-0.1, -0.05) is 31.0 Å². The molecule has 0 aromatic heterocycles. The molecule has 1 aromatic carbocycles. The van der Waals surface area contributed by atoms with Crippen molar-refractivity contribution in [1.29, 1.82) is 0 Å². The van der Waals surface area contributed by atoms with Crippen LogP contribution in [0.15, 0.2) is 18.2 Å². The van der Waals surface area contributed by atoms with Gasteiger partial charge in [-0.05, 0) is 36.8 Å². The lowest BCUT2D eigenvalue weighted by molar-refractivity contribution is 0.0698. The quantitative estimate of drug-likeness (QED) is 0.775. The van der Waals surface area contributed by atoms with Gasteiger partial charge in [0.15, 0.2) is 0 Å². The van der Waals surface area contributed by atoms with Gasteiger partial charge in [0.1, 0.15) is 5.56 Å². The molecule has 0 radical (unpaired) electrons. The Labute approximate surface area is 128 Å². The van der Waals surface area contributed by atoms with Gasteiger partial charge in [-0.25, -0.2) is 9.59 Å². The molecule has 0 unspecified atom stereocenters. The Morgan fingerprint density at radius 1 is 1.38 bits per heavy atom. The van der Waals surface area contributed by atoms with Crippen LogP contribution in [0.5, 0.6) is 0 Å². The van der Waals surface area contributed by atoms with Crippen LogP contribution in [-0.2, 0) is 0 Å². The average molecular weight is 311 g/mol. The van der Waals surface area contributed by atoms with Crippen LogP contribution in [0, 0.1) is 5.41 Å². The highest BCUT2D eigenvalue weighted by molar-refractivity contribution is 6.34. The van der Waals surface area contributed by atoms with Crippen LogP contribution in [-0.4, -0.2) is 23.7 Å². The van der Waals surface area contributed by atoms with E-state index in [1.54, 1.807) is 6.07 Å². The lowest BCUT2D eigenvalue weighted by Gasteiger charge is -2.41. The number of aromatic carboxylic acids is 1. The number of carbonyl (C=O) groups excluding carboxylic acids is 1. The van der Waals surface area contributed by atoms with E-state index < -0.39 is 12.0 Å². The molecule has 3 N–H and O–H groups in total. The van der Waals surface area contributed by atoms with E-state index in [0.717, 1.165) is 19.3 Å². The summed E-state index contributed by atoms with van der Waals surface area (Å²) in [5.74, 6) is -1.17. The van der Waals surface area contributed by atoms with Crippen molar-refractivity contribution in [2.24, 2.45) is 5.41 Å². The summed E-state index contributed by atoms with van der Waals surface area (Å²) in [4.78, 5) is 23.1. The standard InChI is InChI=1S/C15H19ClN2O3/c1-2-15(7-4-8-15)9-17-14(21)18-11-6-3-5-10(16)12(11)13(19)20/h3,5-6H,2,4,7-9H2,1H3,(H,19,20)(H2,17,18,21). The molecule has 1 aliphatic carbocycles. The average Bonchev–Trinajstić information content (AvgIpc) is 2.37. The Morgan fingerprint density at radius 2 is 2.10 bits per heavy atom. The van der Waals surface area contributed by atoms with E-state index >= 15 is 0 Å². The number of anilines is 1. The second-order valence-corrected chi connectivity index (χ2v) is 5.89. The molecule has 0 heterocycles. The summed E-state index contributed by atoms with van der Waals surface area (Å²) in [5.41, 5.74) is 0.316. The molecule has 2 rings (SSSR count). The topological polar surface area (TPSA) is 78.4 Å². The van der Waals surface area contributed by atoms with Gasteiger partial charge in [-0.3, -0.25) is 0 Å². The number of amides is 2. The molecule has 1 aromatic rings. The number of benzene rings is 1. The smallest absolute Gasteiger partial charge is 0.339 e. The van der Waals surface area contributed by atoms with E-state index in [0.29, 0.717) is 6.54 Å². The van der Waals surface area contributed by atoms with Gasteiger partial charge in [0.05, 0.1) is 10.7 Å². The molecule has 21 heavy (non-hydrogen) atoms. The fraction of sp³-hybridized carbons (Fsp3) is 0.467. The third-order valence-electron chi connectivity index (χ3n) is 4.26. The van der Waals surface area contributed by atoms with Crippen molar-refractivity contribution in [2.45, 2.75) is 32.6 Å². The summed E-state index contributed by atoms with van der Waals surface area (Å²) in [6, 6.07) is 4.20. The molecule has 0 atom stereocenters. The van der Waals surface area contributed by atoms with Crippen LogP contribution in [0.2, 0.25) is 5.02 Å². The zero-order valence-electron chi connectivity index (χ0n) is 11.9. The number of carboxylic acid groups (broad SMARTS) is 1. The molecule has 0 saturated heterocycles. The maximum Gasteiger partial charge on any atom is 0.339 e. The van der Waals surface area contributed by atoms with Crippen LogP contribution in [0.1, 0.15) is 43.0 Å². The minimum absolute atomic E-state index is 0.0943. The van der Waals surface area contributed by atoms with Crippen LogP contribution in [0.3, 0.4) is 0 Å². The molecule has 2 amide bonds. The summed E-state index contributed by atoms with van der Waals surface area (Å²) in [6.07, 6.45) is 4.49. The van der Waals surface area contributed by atoms with Crippen molar-refractivity contribution < 1.29 is 14.7 Å². The maximum absolute atomic E-state index is 11.9. The molecule has 0 bridgehead atoms. The van der Waals surface area contributed by atoms with Crippen LogP contribution < -0.4 is 10.6 Å². The number of rotatable bonds is 5. The summed E-state index contributed by atoms with van der Waals surface area (Å²) in [6.45, 7) is 2.73. The first-order chi connectivity index (χ1) is 9.97. The van der Waals surface area contributed by atoms with Crippen LogP contribution in [0.4, 0.5) is 10.5 Å². The van der Waals surface area contributed by atoms with E-state index in [1.807, 2.05) is 0 Å². The normalized spacial score (nSPS) is 15.9. The van der Waals surface area contributed by atoms with Gasteiger partial charge >= 0.3 is 12.0 Å². The predicted octanol–water partition coefficient (Wildman–Crippen LogP) is 3.74. The SMILES string of the molecule is CCC1(CNC(=O)Nc2cccc(Cl)c2C(=O)O)CCC1. The molecule has 6 heteroatoms. The number of hydrogen-bond donors (Lipinski definition) is 3. The Balaban J connectivity index is 2.00. The fourth-order valence-corrected chi connectivity index (χ4v) is 2.87. The first kappa shape index (κ1) is 15.6. The van der Waals surface area contributed by atoms with Crippen LogP contribution >= 0.6 is 11.6 Å². The van der Waals surface area contributed by atoms with Crippen molar-refractivity contribution in [1.82, 2.24) is 5.32 Å². The summed E-state index contributed by atoms with van der Waals surface area (Å²) >= 11 is 5.86. The van der Waals surface area contributed by atoms with E-state index in [2.05, 4.69) is 17.6 Å². The van der Waals surface area contributed by atoms with Crippen molar-refractivity contribution in [3.8, 4) is 0 Å². The Hall–Kier alpha value is -1.75. The van der Waals surface area contributed by atoms with E-state index in [4.69, 9.17) is 16.7 Å². The van der Waals surface area contributed by atoms with E-state index in [-0.39, 0.29) is 21.7 Å². The predicted molar refractivity (Wildman–Crippen MR) is 82.0 cm³/mol. The third-order valence-corrected chi connectivity index (χ3v) is 4.58. The lowest BCUT2D eigenvalue weighted by Crippen LogP contribution is -2.43. The molecular formula is C15H19ClN2O3. The molecule has 0 aliphatic heterocycles. The van der Waals surface area contributed by atoms with Gasteiger partial charge in [-0.2, -0.15) is 0 Å². The molecular weight excluding hydrogens is 292 g/mol. The fourth-order valence-electron chi connectivity index (χ4n) is 2.61. The molecule has 5 nitrogen and oxygen atoms in total. The summed E-state index contributed by atoms with van der Waals surface area (Å²) < 4.78 is 0. The van der Waals surface area contributed by atoms with Gasteiger partial charge < -0.3 is 15.7 Å². The highest BCUT2D eigenvalue weighted by atomic mass is 35.5. The van der Waals surface area contributed by atoms with Crippen molar-refractivity contribution in [2.75, 3.05) is 11.9 Å². The Kier molecular flexibility index (Phi) is 4.73.